The van der Waals surface area contributed by atoms with Crippen molar-refractivity contribution in [3.8, 4) is 0 Å². The summed E-state index contributed by atoms with van der Waals surface area (Å²) in [6.45, 7) is 4.93. The Labute approximate surface area is 78.0 Å². The molecule has 4 nitrogen and oxygen atoms in total. The third-order valence-corrected chi connectivity index (χ3v) is 2.05. The highest BCUT2D eigenvalue weighted by Crippen LogP contribution is 2.06. The lowest BCUT2D eigenvalue weighted by molar-refractivity contribution is 0.0551. The van der Waals surface area contributed by atoms with E-state index in [4.69, 9.17) is 4.42 Å². The van der Waals surface area contributed by atoms with Gasteiger partial charge in [-0.05, 0) is 13.3 Å². The van der Waals surface area contributed by atoms with Crippen molar-refractivity contribution in [2.24, 2.45) is 0 Å². The lowest BCUT2D eigenvalue weighted by Gasteiger charge is -2.21. The normalized spacial score (nSPS) is 15.6. The molecule has 1 atom stereocenters. The molecule has 0 amide bonds. The standard InChI is InChI=1S/C9H16N2O2/c1-3-9(2,12)6-10-4-8-5-11-7-13-8/h5,7,10,12H,3-4,6H2,1-2H3. The zero-order chi connectivity index (χ0) is 9.73. The monoisotopic (exact) mass is 184 g/mol. The van der Waals surface area contributed by atoms with E-state index in [1.54, 1.807) is 13.1 Å². The summed E-state index contributed by atoms with van der Waals surface area (Å²) >= 11 is 0. The number of nitrogens with one attached hydrogen (secondary N) is 1. The van der Waals surface area contributed by atoms with Gasteiger partial charge in [-0.25, -0.2) is 4.98 Å². The second kappa shape index (κ2) is 4.39. The number of aromatic nitrogens is 1. The van der Waals surface area contributed by atoms with Gasteiger partial charge in [0.15, 0.2) is 6.39 Å². The molecule has 1 unspecified atom stereocenters. The summed E-state index contributed by atoms with van der Waals surface area (Å²) in [7, 11) is 0. The molecule has 1 aromatic rings. The molecule has 0 fully saturated rings. The average Bonchev–Trinajstić information content (AvgIpc) is 2.57. The summed E-state index contributed by atoms with van der Waals surface area (Å²) < 4.78 is 5.03. The Morgan fingerprint density at radius 1 is 1.69 bits per heavy atom. The summed E-state index contributed by atoms with van der Waals surface area (Å²) in [5.74, 6) is 0.784. The number of hydrogen-bond acceptors (Lipinski definition) is 4. The predicted octanol–water partition coefficient (Wildman–Crippen LogP) is 0.925. The first kappa shape index (κ1) is 10.2. The van der Waals surface area contributed by atoms with Gasteiger partial charge >= 0.3 is 0 Å². The Kier molecular flexibility index (Phi) is 3.45. The van der Waals surface area contributed by atoms with Crippen molar-refractivity contribution >= 4 is 0 Å². The van der Waals surface area contributed by atoms with Gasteiger partial charge in [-0.2, -0.15) is 0 Å². The molecule has 0 aliphatic heterocycles. The van der Waals surface area contributed by atoms with Crippen molar-refractivity contribution in [2.45, 2.75) is 32.4 Å². The summed E-state index contributed by atoms with van der Waals surface area (Å²) in [5.41, 5.74) is -0.639. The lowest BCUT2D eigenvalue weighted by Crippen LogP contribution is -2.36. The van der Waals surface area contributed by atoms with Crippen LogP contribution >= 0.6 is 0 Å². The van der Waals surface area contributed by atoms with Crippen molar-refractivity contribution in [2.75, 3.05) is 6.54 Å². The fraction of sp³-hybridized carbons (Fsp3) is 0.667. The van der Waals surface area contributed by atoms with Crippen LogP contribution in [0.4, 0.5) is 0 Å². The quantitative estimate of drug-likeness (QED) is 0.714. The Morgan fingerprint density at radius 2 is 2.46 bits per heavy atom. The third kappa shape index (κ3) is 3.57. The van der Waals surface area contributed by atoms with Crippen molar-refractivity contribution < 1.29 is 9.52 Å². The molecular formula is C9H16N2O2. The van der Waals surface area contributed by atoms with Crippen LogP contribution in [-0.2, 0) is 6.54 Å². The summed E-state index contributed by atoms with van der Waals surface area (Å²) in [5, 5.41) is 12.7. The molecule has 1 aromatic heterocycles. The molecule has 0 aliphatic rings. The van der Waals surface area contributed by atoms with Crippen LogP contribution in [0, 0.1) is 0 Å². The smallest absolute Gasteiger partial charge is 0.180 e. The molecule has 0 saturated heterocycles. The van der Waals surface area contributed by atoms with E-state index in [1.807, 2.05) is 6.92 Å². The highest BCUT2D eigenvalue weighted by molar-refractivity contribution is 4.88. The maximum Gasteiger partial charge on any atom is 0.180 e. The molecule has 13 heavy (non-hydrogen) atoms. The van der Waals surface area contributed by atoms with E-state index < -0.39 is 5.60 Å². The molecule has 1 rings (SSSR count). The number of rotatable bonds is 5. The van der Waals surface area contributed by atoms with Crippen LogP contribution < -0.4 is 5.32 Å². The van der Waals surface area contributed by atoms with Crippen LogP contribution in [0.5, 0.6) is 0 Å². The Morgan fingerprint density at radius 3 is 3.00 bits per heavy atom. The topological polar surface area (TPSA) is 58.3 Å². The average molecular weight is 184 g/mol. The molecule has 4 heteroatoms. The van der Waals surface area contributed by atoms with Gasteiger partial charge < -0.3 is 14.8 Å². The largest absolute Gasteiger partial charge is 0.447 e. The summed E-state index contributed by atoms with van der Waals surface area (Å²) in [4.78, 5) is 3.79. The number of nitrogens with zero attached hydrogens (tertiary/aromatic N) is 1. The summed E-state index contributed by atoms with van der Waals surface area (Å²) in [6.07, 6.45) is 3.79. The van der Waals surface area contributed by atoms with Gasteiger partial charge in [0.2, 0.25) is 0 Å². The Hall–Kier alpha value is -0.870. The van der Waals surface area contributed by atoms with E-state index in [1.165, 1.54) is 6.39 Å². The predicted molar refractivity (Wildman–Crippen MR) is 49.1 cm³/mol. The molecule has 0 saturated carbocycles. The second-order valence-corrected chi connectivity index (χ2v) is 3.42. The SMILES string of the molecule is CCC(C)(O)CNCc1cnco1. The molecule has 0 aliphatic carbocycles. The molecule has 0 spiro atoms. The minimum absolute atomic E-state index is 0.560. The van der Waals surface area contributed by atoms with E-state index in [-0.39, 0.29) is 0 Å². The maximum absolute atomic E-state index is 9.64. The Balaban J connectivity index is 2.21. The van der Waals surface area contributed by atoms with E-state index in [0.29, 0.717) is 13.1 Å². The summed E-state index contributed by atoms with van der Waals surface area (Å²) in [6, 6.07) is 0. The zero-order valence-corrected chi connectivity index (χ0v) is 8.08. The molecule has 2 N–H and O–H groups in total. The van der Waals surface area contributed by atoms with Crippen LogP contribution in [-0.4, -0.2) is 22.2 Å². The molecule has 74 valence electrons. The molecular weight excluding hydrogens is 168 g/mol. The first-order valence-electron chi connectivity index (χ1n) is 4.44. The van der Waals surface area contributed by atoms with Gasteiger partial charge in [-0.15, -0.1) is 0 Å². The van der Waals surface area contributed by atoms with Gasteiger partial charge in [0.05, 0.1) is 18.3 Å². The van der Waals surface area contributed by atoms with E-state index in [9.17, 15) is 5.11 Å². The fourth-order valence-electron chi connectivity index (χ4n) is 0.909. The fourth-order valence-corrected chi connectivity index (χ4v) is 0.909. The van der Waals surface area contributed by atoms with Crippen LogP contribution in [0.15, 0.2) is 17.0 Å². The highest BCUT2D eigenvalue weighted by atomic mass is 16.3. The van der Waals surface area contributed by atoms with Gasteiger partial charge in [0.25, 0.3) is 0 Å². The minimum Gasteiger partial charge on any atom is -0.447 e. The van der Waals surface area contributed by atoms with E-state index in [0.717, 1.165) is 12.2 Å². The van der Waals surface area contributed by atoms with E-state index >= 15 is 0 Å². The molecule has 1 heterocycles. The van der Waals surface area contributed by atoms with Crippen molar-refractivity contribution in [1.82, 2.24) is 10.3 Å². The number of aliphatic hydroxyl groups is 1. The molecule has 0 radical (unpaired) electrons. The van der Waals surface area contributed by atoms with Gasteiger partial charge in [-0.1, -0.05) is 6.92 Å². The highest BCUT2D eigenvalue weighted by Gasteiger charge is 2.16. The van der Waals surface area contributed by atoms with Crippen LogP contribution in [0.25, 0.3) is 0 Å². The second-order valence-electron chi connectivity index (χ2n) is 3.42. The maximum atomic E-state index is 9.64. The minimum atomic E-state index is -0.639. The first-order valence-corrected chi connectivity index (χ1v) is 4.44. The third-order valence-electron chi connectivity index (χ3n) is 2.05. The van der Waals surface area contributed by atoms with E-state index in [2.05, 4.69) is 10.3 Å². The molecule has 0 bridgehead atoms. The first-order chi connectivity index (χ1) is 6.14. The van der Waals surface area contributed by atoms with Crippen LogP contribution in [0.2, 0.25) is 0 Å². The van der Waals surface area contributed by atoms with Gasteiger partial charge in [-0.3, -0.25) is 0 Å². The lowest BCUT2D eigenvalue weighted by atomic mass is 10.0. The van der Waals surface area contributed by atoms with Crippen LogP contribution in [0.3, 0.4) is 0 Å². The van der Waals surface area contributed by atoms with Crippen molar-refractivity contribution in [1.29, 1.82) is 0 Å². The van der Waals surface area contributed by atoms with Gasteiger partial charge in [0.1, 0.15) is 5.76 Å². The number of hydrogen-bond donors (Lipinski definition) is 2. The van der Waals surface area contributed by atoms with Gasteiger partial charge in [0, 0.05) is 6.54 Å². The molecule has 0 aromatic carbocycles. The van der Waals surface area contributed by atoms with Crippen LogP contribution in [0.1, 0.15) is 26.0 Å². The van der Waals surface area contributed by atoms with Crippen molar-refractivity contribution in [3.05, 3.63) is 18.4 Å². The van der Waals surface area contributed by atoms with Crippen molar-refractivity contribution in [3.63, 3.8) is 0 Å². The Bertz CT molecular complexity index is 232. The zero-order valence-electron chi connectivity index (χ0n) is 8.08. The number of oxazole rings is 1.